The van der Waals surface area contributed by atoms with Crippen LogP contribution in [0.1, 0.15) is 15.5 Å². The van der Waals surface area contributed by atoms with Gasteiger partial charge in [0.1, 0.15) is 5.69 Å². The summed E-state index contributed by atoms with van der Waals surface area (Å²) in [5, 5.41) is 5.79. The van der Waals surface area contributed by atoms with Crippen molar-refractivity contribution in [2.24, 2.45) is 7.05 Å². The molecule has 2 heterocycles. The molecular formula is C11H14N4OS. The van der Waals surface area contributed by atoms with Gasteiger partial charge in [0.2, 0.25) is 0 Å². The van der Waals surface area contributed by atoms with Crippen LogP contribution in [0.5, 0.6) is 0 Å². The molecule has 0 fully saturated rings. The minimum absolute atomic E-state index is 0.110. The summed E-state index contributed by atoms with van der Waals surface area (Å²) in [6, 6.07) is 1.67. The van der Waals surface area contributed by atoms with Gasteiger partial charge in [-0.05, 0) is 6.07 Å². The van der Waals surface area contributed by atoms with Gasteiger partial charge >= 0.3 is 0 Å². The molecule has 17 heavy (non-hydrogen) atoms. The van der Waals surface area contributed by atoms with Gasteiger partial charge in [-0.25, -0.2) is 4.98 Å². The van der Waals surface area contributed by atoms with E-state index in [1.807, 2.05) is 5.38 Å². The van der Waals surface area contributed by atoms with Gasteiger partial charge in [-0.3, -0.25) is 4.79 Å². The van der Waals surface area contributed by atoms with Crippen molar-refractivity contribution in [1.29, 1.82) is 0 Å². The van der Waals surface area contributed by atoms with E-state index in [1.54, 1.807) is 41.4 Å². The number of amides is 1. The zero-order valence-electron chi connectivity index (χ0n) is 9.51. The Morgan fingerprint density at radius 3 is 3.06 bits per heavy atom. The number of nitrogen functional groups attached to an aromatic ring is 1. The molecule has 2 rings (SSSR count). The summed E-state index contributed by atoms with van der Waals surface area (Å²) in [5.41, 5.74) is 6.78. The van der Waals surface area contributed by atoms with Crippen LogP contribution >= 0.6 is 11.3 Å². The van der Waals surface area contributed by atoms with E-state index in [1.165, 1.54) is 0 Å². The Morgan fingerprint density at radius 1 is 1.65 bits per heavy atom. The van der Waals surface area contributed by atoms with Crippen LogP contribution in [0.25, 0.3) is 0 Å². The number of nitrogens with one attached hydrogen (secondary N) is 1. The fourth-order valence-electron chi connectivity index (χ4n) is 1.57. The van der Waals surface area contributed by atoms with Crippen molar-refractivity contribution in [3.05, 3.63) is 34.5 Å². The summed E-state index contributed by atoms with van der Waals surface area (Å²) in [6.07, 6.45) is 4.23. The molecule has 0 aliphatic carbocycles. The molecule has 0 aliphatic heterocycles. The van der Waals surface area contributed by atoms with E-state index < -0.39 is 0 Å². The maximum atomic E-state index is 11.8. The van der Waals surface area contributed by atoms with Gasteiger partial charge in [-0.1, -0.05) is 0 Å². The Bertz CT molecular complexity index is 504. The van der Waals surface area contributed by atoms with E-state index in [9.17, 15) is 4.79 Å². The summed E-state index contributed by atoms with van der Waals surface area (Å²) in [4.78, 5) is 16.0. The van der Waals surface area contributed by atoms with Crippen molar-refractivity contribution in [3.63, 3.8) is 0 Å². The monoisotopic (exact) mass is 250 g/mol. The summed E-state index contributed by atoms with van der Waals surface area (Å²) in [6.45, 7) is 0.581. The van der Waals surface area contributed by atoms with Gasteiger partial charge in [0.05, 0.1) is 10.7 Å². The van der Waals surface area contributed by atoms with Crippen molar-refractivity contribution in [2.45, 2.75) is 6.42 Å². The maximum Gasteiger partial charge on any atom is 0.267 e. The molecule has 5 nitrogen and oxygen atoms in total. The first kappa shape index (κ1) is 11.7. The van der Waals surface area contributed by atoms with E-state index in [4.69, 9.17) is 5.73 Å². The molecule has 3 N–H and O–H groups in total. The number of thiazole rings is 1. The first-order chi connectivity index (χ1) is 8.16. The zero-order chi connectivity index (χ0) is 12.3. The number of nitrogens with two attached hydrogens (primary N) is 1. The Kier molecular flexibility index (Phi) is 3.43. The third-order valence-electron chi connectivity index (χ3n) is 2.37. The fourth-order valence-corrected chi connectivity index (χ4v) is 2.19. The highest BCUT2D eigenvalue weighted by atomic mass is 32.1. The van der Waals surface area contributed by atoms with Gasteiger partial charge in [0.25, 0.3) is 5.91 Å². The molecule has 1 amide bonds. The summed E-state index contributed by atoms with van der Waals surface area (Å²) in [7, 11) is 1.80. The van der Waals surface area contributed by atoms with Crippen LogP contribution in [0.2, 0.25) is 0 Å². The molecule has 0 saturated heterocycles. The van der Waals surface area contributed by atoms with Crippen LogP contribution in [-0.4, -0.2) is 22.0 Å². The molecule has 0 unspecified atom stereocenters. The Labute approximate surface area is 103 Å². The van der Waals surface area contributed by atoms with E-state index in [2.05, 4.69) is 10.3 Å². The molecule has 0 radical (unpaired) electrons. The van der Waals surface area contributed by atoms with Crippen LogP contribution in [0, 0.1) is 0 Å². The second-order valence-electron chi connectivity index (χ2n) is 3.70. The zero-order valence-corrected chi connectivity index (χ0v) is 10.3. The highest BCUT2D eigenvalue weighted by Gasteiger charge is 2.10. The number of anilines is 1. The second kappa shape index (κ2) is 5.01. The second-order valence-corrected chi connectivity index (χ2v) is 4.68. The number of hydrogen-bond donors (Lipinski definition) is 2. The highest BCUT2D eigenvalue weighted by Crippen LogP contribution is 2.08. The molecule has 0 spiro atoms. The van der Waals surface area contributed by atoms with Gasteiger partial charge in [0.15, 0.2) is 0 Å². The summed E-state index contributed by atoms with van der Waals surface area (Å²) < 4.78 is 1.72. The maximum absolute atomic E-state index is 11.8. The van der Waals surface area contributed by atoms with Crippen LogP contribution in [0.3, 0.4) is 0 Å². The minimum atomic E-state index is -0.110. The minimum Gasteiger partial charge on any atom is -0.397 e. The van der Waals surface area contributed by atoms with E-state index in [-0.39, 0.29) is 5.91 Å². The van der Waals surface area contributed by atoms with Crippen LogP contribution in [-0.2, 0) is 13.5 Å². The van der Waals surface area contributed by atoms with Crippen molar-refractivity contribution >= 4 is 22.9 Å². The third kappa shape index (κ3) is 2.85. The number of aryl methyl sites for hydroxylation is 1. The normalized spacial score (nSPS) is 10.4. The Morgan fingerprint density at radius 2 is 2.47 bits per heavy atom. The average Bonchev–Trinajstić information content (AvgIpc) is 2.88. The van der Waals surface area contributed by atoms with Gasteiger partial charge in [0, 0.05) is 37.8 Å². The standard InChI is InChI=1S/C11H14N4OS/c1-15-7-8(12)6-9(15)11(16)14-3-2-10-13-4-5-17-10/h4-7H,2-3,12H2,1H3,(H,14,16). The number of aromatic nitrogens is 2. The molecule has 90 valence electrons. The topological polar surface area (TPSA) is 72.9 Å². The molecule has 6 heteroatoms. The SMILES string of the molecule is Cn1cc(N)cc1C(=O)NCCc1nccs1. The number of hydrogen-bond acceptors (Lipinski definition) is 4. The molecule has 0 saturated carbocycles. The van der Waals surface area contributed by atoms with Gasteiger partial charge in [-0.15, -0.1) is 11.3 Å². The quantitative estimate of drug-likeness (QED) is 0.851. The van der Waals surface area contributed by atoms with Crippen LogP contribution in [0.4, 0.5) is 5.69 Å². The predicted octanol–water partition coefficient (Wildman–Crippen LogP) is 1.04. The Hall–Kier alpha value is -1.82. The summed E-state index contributed by atoms with van der Waals surface area (Å²) in [5.74, 6) is -0.110. The van der Waals surface area contributed by atoms with Gasteiger partial charge in [-0.2, -0.15) is 0 Å². The average molecular weight is 250 g/mol. The smallest absolute Gasteiger partial charge is 0.267 e. The van der Waals surface area contributed by atoms with Crippen molar-refractivity contribution in [3.8, 4) is 0 Å². The largest absolute Gasteiger partial charge is 0.397 e. The van der Waals surface area contributed by atoms with Crippen molar-refractivity contribution < 1.29 is 4.79 Å². The number of rotatable bonds is 4. The predicted molar refractivity (Wildman–Crippen MR) is 68.0 cm³/mol. The van der Waals surface area contributed by atoms with Crippen molar-refractivity contribution in [1.82, 2.24) is 14.9 Å². The van der Waals surface area contributed by atoms with Crippen LogP contribution < -0.4 is 11.1 Å². The molecule has 0 atom stereocenters. The Balaban J connectivity index is 1.87. The first-order valence-corrected chi connectivity index (χ1v) is 6.13. The lowest BCUT2D eigenvalue weighted by Crippen LogP contribution is -2.27. The van der Waals surface area contributed by atoms with E-state index in [0.717, 1.165) is 11.4 Å². The highest BCUT2D eigenvalue weighted by molar-refractivity contribution is 7.09. The molecular weight excluding hydrogens is 236 g/mol. The number of nitrogens with zero attached hydrogens (tertiary/aromatic N) is 2. The van der Waals surface area contributed by atoms with E-state index >= 15 is 0 Å². The number of carbonyl (C=O) groups is 1. The summed E-state index contributed by atoms with van der Waals surface area (Å²) >= 11 is 1.59. The third-order valence-corrected chi connectivity index (χ3v) is 3.21. The molecule has 0 bridgehead atoms. The molecule has 0 aliphatic rings. The molecule has 2 aromatic rings. The lowest BCUT2D eigenvalue weighted by molar-refractivity contribution is 0.0946. The fraction of sp³-hybridized carbons (Fsp3) is 0.273. The molecule has 0 aromatic carbocycles. The lowest BCUT2D eigenvalue weighted by atomic mass is 10.3. The van der Waals surface area contributed by atoms with Gasteiger partial charge < -0.3 is 15.6 Å². The van der Waals surface area contributed by atoms with E-state index in [0.29, 0.717) is 17.9 Å². The number of carbonyl (C=O) groups excluding carboxylic acids is 1. The van der Waals surface area contributed by atoms with Crippen LogP contribution in [0.15, 0.2) is 23.8 Å². The molecule has 2 aromatic heterocycles. The first-order valence-electron chi connectivity index (χ1n) is 5.25. The van der Waals surface area contributed by atoms with Crippen molar-refractivity contribution in [2.75, 3.05) is 12.3 Å². The lowest BCUT2D eigenvalue weighted by Gasteiger charge is -2.04.